The van der Waals surface area contributed by atoms with Crippen molar-refractivity contribution in [3.8, 4) is 11.3 Å². The van der Waals surface area contributed by atoms with Crippen LogP contribution in [0.15, 0.2) is 81.8 Å². The van der Waals surface area contributed by atoms with E-state index in [0.29, 0.717) is 5.11 Å². The number of nitrogens with zero attached hydrogens (tertiary/aromatic N) is 2. The minimum atomic E-state index is -0.174. The van der Waals surface area contributed by atoms with E-state index in [1.807, 2.05) is 36.5 Å². The number of hydrogen-bond donors (Lipinski definition) is 1. The van der Waals surface area contributed by atoms with Crippen LogP contribution in [-0.2, 0) is 0 Å². The van der Waals surface area contributed by atoms with Crippen LogP contribution in [0.3, 0.4) is 0 Å². The quantitative estimate of drug-likeness (QED) is 0.289. The Morgan fingerprint density at radius 3 is 2.55 bits per heavy atom. The minimum absolute atomic E-state index is 0.138. The maximum atomic E-state index is 6.48. The highest BCUT2D eigenvalue weighted by Crippen LogP contribution is 2.43. The summed E-state index contributed by atoms with van der Waals surface area (Å²) in [6, 6.07) is 22.4. The summed E-state index contributed by atoms with van der Waals surface area (Å²) >= 11 is 9.51. The number of anilines is 1. The Bertz CT molecular complexity index is 1330. The second kappa shape index (κ2) is 8.76. The highest BCUT2D eigenvalue weighted by Gasteiger charge is 2.42. The second-order valence-electron chi connectivity index (χ2n) is 8.45. The molecule has 166 valence electrons. The molecule has 4 aromatic rings. The molecule has 0 bridgehead atoms. The lowest BCUT2D eigenvalue weighted by atomic mass is 10.0. The fourth-order valence-electron chi connectivity index (χ4n) is 4.27. The van der Waals surface area contributed by atoms with Crippen LogP contribution in [0.4, 0.5) is 5.69 Å². The van der Waals surface area contributed by atoms with Crippen LogP contribution in [-0.4, -0.2) is 10.1 Å². The number of aryl methyl sites for hydroxylation is 3. The molecule has 2 aromatic carbocycles. The Kier molecular flexibility index (Phi) is 5.81. The SMILES string of the molecule is Cc1ccc(-c2ccc(C3C(c4ccccn4)NC(=S)N3c3ccc(C)c(C)c3)o2)c(Br)c1. The Morgan fingerprint density at radius 1 is 0.970 bits per heavy atom. The molecule has 0 saturated carbocycles. The highest BCUT2D eigenvalue weighted by atomic mass is 79.9. The Balaban J connectivity index is 1.61. The second-order valence-corrected chi connectivity index (χ2v) is 9.69. The molecule has 3 heterocycles. The molecule has 2 unspecified atom stereocenters. The van der Waals surface area contributed by atoms with Gasteiger partial charge in [0.2, 0.25) is 0 Å². The predicted molar refractivity (Wildman–Crippen MR) is 140 cm³/mol. The summed E-state index contributed by atoms with van der Waals surface area (Å²) in [4.78, 5) is 6.77. The molecule has 5 rings (SSSR count). The van der Waals surface area contributed by atoms with Crippen molar-refractivity contribution in [2.45, 2.75) is 32.9 Å². The molecule has 0 radical (unpaired) electrons. The summed E-state index contributed by atoms with van der Waals surface area (Å²) in [5.41, 5.74) is 6.64. The molecule has 0 amide bonds. The average molecular weight is 518 g/mol. The third-order valence-corrected chi connectivity index (χ3v) is 7.15. The number of furan rings is 1. The first-order valence-corrected chi connectivity index (χ1v) is 12.1. The molecular weight excluding hydrogens is 494 g/mol. The van der Waals surface area contributed by atoms with Gasteiger partial charge in [0, 0.05) is 21.9 Å². The normalized spacial score (nSPS) is 17.9. The van der Waals surface area contributed by atoms with Crippen molar-refractivity contribution in [3.63, 3.8) is 0 Å². The monoisotopic (exact) mass is 517 g/mol. The largest absolute Gasteiger partial charge is 0.459 e. The summed E-state index contributed by atoms with van der Waals surface area (Å²) < 4.78 is 7.49. The van der Waals surface area contributed by atoms with Crippen molar-refractivity contribution in [3.05, 3.63) is 106 Å². The number of hydrogen-bond acceptors (Lipinski definition) is 3. The molecule has 0 spiro atoms. The highest BCUT2D eigenvalue weighted by molar-refractivity contribution is 9.10. The zero-order chi connectivity index (χ0) is 23.1. The zero-order valence-electron chi connectivity index (χ0n) is 18.7. The van der Waals surface area contributed by atoms with Crippen molar-refractivity contribution in [2.75, 3.05) is 4.90 Å². The molecule has 0 aliphatic carbocycles. The zero-order valence-corrected chi connectivity index (χ0v) is 21.1. The first-order chi connectivity index (χ1) is 15.9. The van der Waals surface area contributed by atoms with Gasteiger partial charge in [-0.25, -0.2) is 0 Å². The number of halogens is 1. The number of benzene rings is 2. The smallest absolute Gasteiger partial charge is 0.174 e. The van der Waals surface area contributed by atoms with Gasteiger partial charge in [-0.2, -0.15) is 0 Å². The summed E-state index contributed by atoms with van der Waals surface area (Å²) in [5.74, 6) is 1.65. The van der Waals surface area contributed by atoms with Crippen molar-refractivity contribution >= 4 is 38.9 Å². The Morgan fingerprint density at radius 2 is 1.82 bits per heavy atom. The lowest BCUT2D eigenvalue weighted by Gasteiger charge is -2.26. The fraction of sp³-hybridized carbons (Fsp3) is 0.185. The molecule has 1 fully saturated rings. The van der Waals surface area contributed by atoms with Crippen LogP contribution in [0.25, 0.3) is 11.3 Å². The molecule has 1 aliphatic rings. The van der Waals surface area contributed by atoms with Crippen molar-refractivity contribution < 1.29 is 4.42 Å². The number of rotatable bonds is 4. The maximum Gasteiger partial charge on any atom is 0.174 e. The number of pyridine rings is 1. The van der Waals surface area contributed by atoms with E-state index >= 15 is 0 Å². The van der Waals surface area contributed by atoms with Crippen LogP contribution in [0.5, 0.6) is 0 Å². The third-order valence-electron chi connectivity index (χ3n) is 6.18. The van der Waals surface area contributed by atoms with Gasteiger partial charge in [0.15, 0.2) is 5.11 Å². The van der Waals surface area contributed by atoms with Crippen LogP contribution in [0, 0.1) is 20.8 Å². The van der Waals surface area contributed by atoms with Gasteiger partial charge < -0.3 is 14.6 Å². The molecule has 2 aromatic heterocycles. The van der Waals surface area contributed by atoms with Crippen LogP contribution >= 0.6 is 28.1 Å². The standard InChI is InChI=1S/C27H24BrN3OS/c1-16-7-10-20(21(28)14-16)23-11-12-24(32-23)26-25(22-6-4-5-13-29-22)30-27(33)31(26)19-9-8-17(2)18(3)15-19/h4-15,25-26H,1-3H3,(H,30,33). The molecular formula is C27H24BrN3OS. The number of nitrogens with one attached hydrogen (secondary N) is 1. The van der Waals surface area contributed by atoms with Crippen molar-refractivity contribution in [1.29, 1.82) is 0 Å². The first-order valence-electron chi connectivity index (χ1n) is 10.9. The van der Waals surface area contributed by atoms with Gasteiger partial charge in [0.05, 0.1) is 11.7 Å². The molecule has 1 N–H and O–H groups in total. The summed E-state index contributed by atoms with van der Waals surface area (Å²) in [6.45, 7) is 6.31. The van der Waals surface area contributed by atoms with E-state index in [9.17, 15) is 0 Å². The maximum absolute atomic E-state index is 6.48. The van der Waals surface area contributed by atoms with E-state index in [-0.39, 0.29) is 12.1 Å². The molecule has 6 heteroatoms. The van der Waals surface area contributed by atoms with Gasteiger partial charge >= 0.3 is 0 Å². The van der Waals surface area contributed by atoms with E-state index in [4.69, 9.17) is 16.6 Å². The summed E-state index contributed by atoms with van der Waals surface area (Å²) in [6.07, 6.45) is 1.81. The van der Waals surface area contributed by atoms with Crippen molar-refractivity contribution in [2.24, 2.45) is 0 Å². The number of thiocarbonyl (C=S) groups is 1. The third kappa shape index (κ3) is 4.09. The van der Waals surface area contributed by atoms with Crippen LogP contribution in [0.1, 0.15) is 40.2 Å². The Hall–Kier alpha value is -2.96. The molecule has 2 atom stereocenters. The van der Waals surface area contributed by atoms with Gasteiger partial charge in [0.25, 0.3) is 0 Å². The number of aromatic nitrogens is 1. The first kappa shape index (κ1) is 21.9. The van der Waals surface area contributed by atoms with Crippen LogP contribution < -0.4 is 10.2 Å². The molecule has 4 nitrogen and oxygen atoms in total. The van der Waals surface area contributed by atoms with E-state index < -0.39 is 0 Å². The van der Waals surface area contributed by atoms with E-state index in [0.717, 1.165) is 32.9 Å². The van der Waals surface area contributed by atoms with Crippen LogP contribution in [0.2, 0.25) is 0 Å². The minimum Gasteiger partial charge on any atom is -0.459 e. The molecule has 1 saturated heterocycles. The van der Waals surface area contributed by atoms with Gasteiger partial charge in [-0.05, 0) is 98.2 Å². The van der Waals surface area contributed by atoms with Gasteiger partial charge in [-0.1, -0.05) is 34.1 Å². The van der Waals surface area contributed by atoms with Crippen molar-refractivity contribution in [1.82, 2.24) is 10.3 Å². The lowest BCUT2D eigenvalue weighted by Crippen LogP contribution is -2.29. The molecule has 1 aliphatic heterocycles. The average Bonchev–Trinajstić information content (AvgIpc) is 3.41. The Labute approximate surface area is 207 Å². The van der Waals surface area contributed by atoms with E-state index in [1.165, 1.54) is 16.7 Å². The summed E-state index contributed by atoms with van der Waals surface area (Å²) in [5, 5.41) is 4.16. The van der Waals surface area contributed by atoms with Gasteiger partial charge in [-0.15, -0.1) is 0 Å². The molecule has 33 heavy (non-hydrogen) atoms. The van der Waals surface area contributed by atoms with Gasteiger partial charge in [0.1, 0.15) is 17.6 Å². The summed E-state index contributed by atoms with van der Waals surface area (Å²) in [7, 11) is 0. The van der Waals surface area contributed by atoms with E-state index in [1.54, 1.807) is 0 Å². The van der Waals surface area contributed by atoms with E-state index in [2.05, 4.69) is 88.3 Å². The predicted octanol–water partition coefficient (Wildman–Crippen LogP) is 7.21. The fourth-order valence-corrected chi connectivity index (χ4v) is 5.31. The lowest BCUT2D eigenvalue weighted by molar-refractivity contribution is 0.439. The van der Waals surface area contributed by atoms with Gasteiger partial charge in [-0.3, -0.25) is 4.98 Å². The topological polar surface area (TPSA) is 41.3 Å².